The van der Waals surface area contributed by atoms with Gasteiger partial charge in [0.25, 0.3) is 0 Å². The monoisotopic (exact) mass is 265 g/mol. The molecule has 0 spiro atoms. The second-order valence-electron chi connectivity index (χ2n) is 3.97. The molecule has 1 aromatic rings. The lowest BCUT2D eigenvalue weighted by Gasteiger charge is -2.12. The van der Waals surface area contributed by atoms with E-state index in [4.69, 9.17) is 9.47 Å². The van der Waals surface area contributed by atoms with Gasteiger partial charge in [-0.2, -0.15) is 0 Å². The van der Waals surface area contributed by atoms with Crippen molar-refractivity contribution in [3.8, 4) is 11.5 Å². The van der Waals surface area contributed by atoms with Crippen LogP contribution in [0.1, 0.15) is 12.5 Å². The van der Waals surface area contributed by atoms with E-state index >= 15 is 0 Å². The number of rotatable bonds is 6. The molecular formula is C14H23N3O2. The molecule has 5 heteroatoms. The molecule has 0 radical (unpaired) electrons. The van der Waals surface area contributed by atoms with Gasteiger partial charge < -0.3 is 20.1 Å². The maximum absolute atomic E-state index is 5.28. The lowest BCUT2D eigenvalue weighted by atomic mass is 10.1. The van der Waals surface area contributed by atoms with Gasteiger partial charge >= 0.3 is 0 Å². The van der Waals surface area contributed by atoms with Crippen LogP contribution in [0.4, 0.5) is 0 Å². The molecule has 19 heavy (non-hydrogen) atoms. The van der Waals surface area contributed by atoms with Gasteiger partial charge in [0.2, 0.25) is 0 Å². The molecule has 0 fully saturated rings. The SMILES string of the molecule is CCNC(=NC)NCCc1ccc(OC)c(OC)c1. The minimum Gasteiger partial charge on any atom is -0.493 e. The molecule has 0 aliphatic heterocycles. The number of nitrogens with zero attached hydrogens (tertiary/aromatic N) is 1. The highest BCUT2D eigenvalue weighted by Crippen LogP contribution is 2.27. The second kappa shape index (κ2) is 8.24. The van der Waals surface area contributed by atoms with E-state index in [9.17, 15) is 0 Å². The fourth-order valence-electron chi connectivity index (χ4n) is 1.75. The number of nitrogens with one attached hydrogen (secondary N) is 2. The molecule has 0 aliphatic carbocycles. The number of methoxy groups -OCH3 is 2. The Bertz CT molecular complexity index is 419. The average Bonchev–Trinajstić information content (AvgIpc) is 2.46. The first-order valence-electron chi connectivity index (χ1n) is 6.40. The highest BCUT2D eigenvalue weighted by atomic mass is 16.5. The van der Waals surface area contributed by atoms with Gasteiger partial charge in [-0.15, -0.1) is 0 Å². The molecule has 0 aliphatic rings. The first kappa shape index (κ1) is 15.1. The van der Waals surface area contributed by atoms with Gasteiger partial charge in [0, 0.05) is 20.1 Å². The minimum atomic E-state index is 0.752. The van der Waals surface area contributed by atoms with Crippen LogP contribution >= 0.6 is 0 Å². The Kier molecular flexibility index (Phi) is 6.57. The molecule has 0 bridgehead atoms. The maximum atomic E-state index is 5.28. The number of guanidine groups is 1. The zero-order valence-corrected chi connectivity index (χ0v) is 12.1. The van der Waals surface area contributed by atoms with Crippen LogP contribution < -0.4 is 20.1 Å². The summed E-state index contributed by atoms with van der Waals surface area (Å²) in [4.78, 5) is 4.12. The second-order valence-corrected chi connectivity index (χ2v) is 3.97. The van der Waals surface area contributed by atoms with Gasteiger partial charge in [-0.1, -0.05) is 6.07 Å². The molecule has 5 nitrogen and oxygen atoms in total. The Morgan fingerprint density at radius 3 is 2.47 bits per heavy atom. The van der Waals surface area contributed by atoms with E-state index in [0.717, 1.165) is 37.0 Å². The first-order chi connectivity index (χ1) is 9.24. The third kappa shape index (κ3) is 4.69. The smallest absolute Gasteiger partial charge is 0.190 e. The van der Waals surface area contributed by atoms with Crippen molar-refractivity contribution in [2.45, 2.75) is 13.3 Å². The highest BCUT2D eigenvalue weighted by molar-refractivity contribution is 5.79. The molecule has 1 aromatic carbocycles. The van der Waals surface area contributed by atoms with Crippen LogP contribution in [0.15, 0.2) is 23.2 Å². The first-order valence-corrected chi connectivity index (χ1v) is 6.40. The largest absolute Gasteiger partial charge is 0.493 e. The van der Waals surface area contributed by atoms with Gasteiger partial charge in [0.15, 0.2) is 17.5 Å². The summed E-state index contributed by atoms with van der Waals surface area (Å²) >= 11 is 0. The van der Waals surface area contributed by atoms with Crippen LogP contribution in [-0.4, -0.2) is 40.3 Å². The molecule has 0 unspecified atom stereocenters. The topological polar surface area (TPSA) is 54.9 Å². The van der Waals surface area contributed by atoms with Crippen LogP contribution in [0.5, 0.6) is 11.5 Å². The van der Waals surface area contributed by atoms with Crippen molar-refractivity contribution in [2.24, 2.45) is 4.99 Å². The van der Waals surface area contributed by atoms with E-state index in [1.807, 2.05) is 25.1 Å². The van der Waals surface area contributed by atoms with Crippen molar-refractivity contribution in [2.75, 3.05) is 34.4 Å². The fraction of sp³-hybridized carbons (Fsp3) is 0.500. The lowest BCUT2D eigenvalue weighted by molar-refractivity contribution is 0.354. The summed E-state index contributed by atoms with van der Waals surface area (Å²) in [5.74, 6) is 2.33. The van der Waals surface area contributed by atoms with Crippen LogP contribution in [0, 0.1) is 0 Å². The fourth-order valence-corrected chi connectivity index (χ4v) is 1.75. The highest BCUT2D eigenvalue weighted by Gasteiger charge is 2.04. The quantitative estimate of drug-likeness (QED) is 0.603. The summed E-state index contributed by atoms with van der Waals surface area (Å²) in [5.41, 5.74) is 1.19. The molecule has 0 aromatic heterocycles. The van der Waals surface area contributed by atoms with E-state index in [0.29, 0.717) is 0 Å². The van der Waals surface area contributed by atoms with Crippen LogP contribution in [0.25, 0.3) is 0 Å². The number of aliphatic imine (C=N–C) groups is 1. The van der Waals surface area contributed by atoms with Gasteiger partial charge in [-0.25, -0.2) is 0 Å². The third-order valence-electron chi connectivity index (χ3n) is 2.72. The van der Waals surface area contributed by atoms with E-state index in [-0.39, 0.29) is 0 Å². The minimum absolute atomic E-state index is 0.752. The Hall–Kier alpha value is -1.91. The van der Waals surface area contributed by atoms with Gasteiger partial charge in [-0.3, -0.25) is 4.99 Å². The van der Waals surface area contributed by atoms with Crippen LogP contribution in [0.3, 0.4) is 0 Å². The van der Waals surface area contributed by atoms with E-state index in [1.54, 1.807) is 21.3 Å². The number of ether oxygens (including phenoxy) is 2. The number of hydrogen-bond acceptors (Lipinski definition) is 3. The molecule has 1 rings (SSSR count). The molecule has 106 valence electrons. The molecule has 2 N–H and O–H groups in total. The average molecular weight is 265 g/mol. The van der Waals surface area contributed by atoms with Gasteiger partial charge in [0.1, 0.15) is 0 Å². The zero-order chi connectivity index (χ0) is 14.1. The third-order valence-corrected chi connectivity index (χ3v) is 2.72. The van der Waals surface area contributed by atoms with Crippen LogP contribution in [0.2, 0.25) is 0 Å². The van der Waals surface area contributed by atoms with E-state index in [2.05, 4.69) is 15.6 Å². The van der Waals surface area contributed by atoms with E-state index in [1.165, 1.54) is 5.56 Å². The molecule has 0 amide bonds. The predicted octanol–water partition coefficient (Wildman–Crippen LogP) is 1.43. The van der Waals surface area contributed by atoms with E-state index < -0.39 is 0 Å². The zero-order valence-electron chi connectivity index (χ0n) is 12.1. The molecule has 0 heterocycles. The van der Waals surface area contributed by atoms with Crippen molar-refractivity contribution in [3.05, 3.63) is 23.8 Å². The molecule has 0 atom stereocenters. The normalized spacial score (nSPS) is 11.1. The standard InChI is InChI=1S/C14H23N3O2/c1-5-16-14(15-2)17-9-8-11-6-7-12(18-3)13(10-11)19-4/h6-7,10H,5,8-9H2,1-4H3,(H2,15,16,17). The Morgan fingerprint density at radius 2 is 1.89 bits per heavy atom. The summed E-state index contributed by atoms with van der Waals surface area (Å²) in [6.45, 7) is 3.71. The summed E-state index contributed by atoms with van der Waals surface area (Å²) in [7, 11) is 5.05. The van der Waals surface area contributed by atoms with Crippen molar-refractivity contribution >= 4 is 5.96 Å². The van der Waals surface area contributed by atoms with Crippen molar-refractivity contribution in [1.82, 2.24) is 10.6 Å². The predicted molar refractivity (Wildman–Crippen MR) is 78.3 cm³/mol. The van der Waals surface area contributed by atoms with Crippen molar-refractivity contribution < 1.29 is 9.47 Å². The summed E-state index contributed by atoms with van der Waals surface area (Å²) in [6, 6.07) is 5.96. The Morgan fingerprint density at radius 1 is 1.16 bits per heavy atom. The van der Waals surface area contributed by atoms with Crippen LogP contribution in [-0.2, 0) is 6.42 Å². The number of benzene rings is 1. The Labute approximate surface area is 115 Å². The lowest BCUT2D eigenvalue weighted by Crippen LogP contribution is -2.38. The molecular weight excluding hydrogens is 242 g/mol. The maximum Gasteiger partial charge on any atom is 0.190 e. The van der Waals surface area contributed by atoms with Gasteiger partial charge in [-0.05, 0) is 31.0 Å². The summed E-state index contributed by atoms with van der Waals surface area (Å²) < 4.78 is 10.5. The van der Waals surface area contributed by atoms with Crippen molar-refractivity contribution in [1.29, 1.82) is 0 Å². The molecule has 0 saturated carbocycles. The van der Waals surface area contributed by atoms with Gasteiger partial charge in [0.05, 0.1) is 14.2 Å². The van der Waals surface area contributed by atoms with Crippen molar-refractivity contribution in [3.63, 3.8) is 0 Å². The molecule has 0 saturated heterocycles. The number of hydrogen-bond donors (Lipinski definition) is 2. The summed E-state index contributed by atoms with van der Waals surface area (Å²) in [6.07, 6.45) is 0.894. The Balaban J connectivity index is 2.54. The summed E-state index contributed by atoms with van der Waals surface area (Å²) in [5, 5.41) is 6.41.